The maximum atomic E-state index is 14.0. The van der Waals surface area contributed by atoms with Gasteiger partial charge in [0.05, 0.1) is 23.0 Å². The number of halogens is 2. The SMILES string of the molecule is CSC[C@@H]1CCN(C(=O)c2cn[nH]c2-c2c(F)cccc2F)C1. The first-order valence-corrected chi connectivity index (χ1v) is 8.77. The molecule has 0 unspecified atom stereocenters. The van der Waals surface area contributed by atoms with E-state index < -0.39 is 11.6 Å². The Morgan fingerprint density at radius 2 is 2.17 bits per heavy atom. The number of rotatable bonds is 4. The molecule has 1 saturated heterocycles. The summed E-state index contributed by atoms with van der Waals surface area (Å²) < 4.78 is 28.0. The van der Waals surface area contributed by atoms with Gasteiger partial charge in [-0.15, -0.1) is 0 Å². The lowest BCUT2D eigenvalue weighted by Crippen LogP contribution is -2.29. The van der Waals surface area contributed by atoms with Crippen LogP contribution in [-0.4, -0.2) is 46.1 Å². The van der Waals surface area contributed by atoms with Crippen molar-refractivity contribution in [1.29, 1.82) is 0 Å². The van der Waals surface area contributed by atoms with Gasteiger partial charge in [-0.25, -0.2) is 8.78 Å². The van der Waals surface area contributed by atoms with Gasteiger partial charge >= 0.3 is 0 Å². The van der Waals surface area contributed by atoms with Crippen LogP contribution < -0.4 is 0 Å². The first kappa shape index (κ1) is 16.0. The van der Waals surface area contributed by atoms with Crippen molar-refractivity contribution in [3.8, 4) is 11.3 Å². The molecule has 0 spiro atoms. The minimum atomic E-state index is -0.718. The van der Waals surface area contributed by atoms with Crippen molar-refractivity contribution in [2.75, 3.05) is 25.1 Å². The molecule has 1 amide bonds. The van der Waals surface area contributed by atoms with E-state index in [9.17, 15) is 13.6 Å². The second-order valence-electron chi connectivity index (χ2n) is 5.62. The van der Waals surface area contributed by atoms with E-state index in [1.807, 2.05) is 6.26 Å². The molecular formula is C16H17F2N3OS. The molecule has 4 nitrogen and oxygen atoms in total. The minimum Gasteiger partial charge on any atom is -0.338 e. The van der Waals surface area contributed by atoms with E-state index in [-0.39, 0.29) is 22.7 Å². The van der Waals surface area contributed by atoms with Crippen LogP contribution in [0, 0.1) is 17.6 Å². The smallest absolute Gasteiger partial charge is 0.257 e. The topological polar surface area (TPSA) is 49.0 Å². The average Bonchev–Trinajstić information content (AvgIpc) is 3.16. The quantitative estimate of drug-likeness (QED) is 0.932. The Labute approximate surface area is 137 Å². The van der Waals surface area contributed by atoms with Gasteiger partial charge in [-0.3, -0.25) is 9.89 Å². The van der Waals surface area contributed by atoms with Crippen molar-refractivity contribution in [3.63, 3.8) is 0 Å². The fraction of sp³-hybridized carbons (Fsp3) is 0.375. The highest BCUT2D eigenvalue weighted by Crippen LogP contribution is 2.29. The normalized spacial score (nSPS) is 17.7. The number of benzene rings is 1. The second-order valence-corrected chi connectivity index (χ2v) is 6.53. The van der Waals surface area contributed by atoms with Gasteiger partial charge in [0.15, 0.2) is 0 Å². The van der Waals surface area contributed by atoms with Gasteiger partial charge in [0.1, 0.15) is 11.6 Å². The molecule has 0 bridgehead atoms. The Hall–Kier alpha value is -1.89. The van der Waals surface area contributed by atoms with Gasteiger partial charge in [0.2, 0.25) is 0 Å². The number of nitrogens with zero attached hydrogens (tertiary/aromatic N) is 2. The summed E-state index contributed by atoms with van der Waals surface area (Å²) in [5, 5.41) is 6.38. The molecule has 1 aliphatic rings. The van der Waals surface area contributed by atoms with Crippen molar-refractivity contribution >= 4 is 17.7 Å². The van der Waals surface area contributed by atoms with Crippen LogP contribution in [0.2, 0.25) is 0 Å². The van der Waals surface area contributed by atoms with Crippen LogP contribution in [-0.2, 0) is 0 Å². The molecular weight excluding hydrogens is 320 g/mol. The highest BCUT2D eigenvalue weighted by Gasteiger charge is 2.30. The predicted molar refractivity (Wildman–Crippen MR) is 86.3 cm³/mol. The Morgan fingerprint density at radius 1 is 1.43 bits per heavy atom. The van der Waals surface area contributed by atoms with Crippen LogP contribution in [0.3, 0.4) is 0 Å². The molecule has 1 aromatic heterocycles. The number of carbonyl (C=O) groups excluding carboxylic acids is 1. The van der Waals surface area contributed by atoms with E-state index in [4.69, 9.17) is 0 Å². The minimum absolute atomic E-state index is 0.0962. The van der Waals surface area contributed by atoms with E-state index in [1.54, 1.807) is 16.7 Å². The molecule has 122 valence electrons. The third-order valence-electron chi connectivity index (χ3n) is 4.06. The number of carbonyl (C=O) groups is 1. The third-order valence-corrected chi connectivity index (χ3v) is 4.86. The molecule has 3 rings (SSSR count). The number of likely N-dealkylation sites (tertiary alicyclic amines) is 1. The fourth-order valence-corrected chi connectivity index (χ4v) is 3.68. The molecule has 1 N–H and O–H groups in total. The number of hydrogen-bond acceptors (Lipinski definition) is 3. The summed E-state index contributed by atoms with van der Waals surface area (Å²) in [7, 11) is 0. The third kappa shape index (κ3) is 3.10. The lowest BCUT2D eigenvalue weighted by Gasteiger charge is -2.16. The number of hydrogen-bond donors (Lipinski definition) is 1. The zero-order valence-electron chi connectivity index (χ0n) is 12.7. The van der Waals surface area contributed by atoms with Crippen LogP contribution in [0.1, 0.15) is 16.8 Å². The number of thioether (sulfide) groups is 1. The Bertz CT molecular complexity index is 699. The maximum absolute atomic E-state index is 14.0. The Morgan fingerprint density at radius 3 is 2.87 bits per heavy atom. The van der Waals surface area contributed by atoms with Crippen molar-refractivity contribution in [2.24, 2.45) is 5.92 Å². The van der Waals surface area contributed by atoms with E-state index in [1.165, 1.54) is 12.3 Å². The van der Waals surface area contributed by atoms with Gasteiger partial charge in [0, 0.05) is 13.1 Å². The van der Waals surface area contributed by atoms with Crippen LogP contribution in [0.15, 0.2) is 24.4 Å². The molecule has 2 heterocycles. The summed E-state index contributed by atoms with van der Waals surface area (Å²) in [6.07, 6.45) is 4.33. The van der Waals surface area contributed by atoms with Crippen LogP contribution >= 0.6 is 11.8 Å². The molecule has 1 atom stereocenters. The molecule has 2 aromatic rings. The van der Waals surface area contributed by atoms with Gasteiger partial charge in [-0.05, 0) is 36.5 Å². The molecule has 23 heavy (non-hydrogen) atoms. The zero-order valence-corrected chi connectivity index (χ0v) is 13.5. The van der Waals surface area contributed by atoms with Crippen LogP contribution in [0.4, 0.5) is 8.78 Å². The van der Waals surface area contributed by atoms with E-state index in [0.717, 1.165) is 24.3 Å². The molecule has 0 saturated carbocycles. The van der Waals surface area contributed by atoms with Gasteiger partial charge in [0.25, 0.3) is 5.91 Å². The van der Waals surface area contributed by atoms with E-state index in [2.05, 4.69) is 10.2 Å². The molecule has 0 radical (unpaired) electrons. The summed E-state index contributed by atoms with van der Waals surface area (Å²) >= 11 is 1.76. The average molecular weight is 337 g/mol. The van der Waals surface area contributed by atoms with Crippen LogP contribution in [0.5, 0.6) is 0 Å². The molecule has 7 heteroatoms. The number of aromatic nitrogens is 2. The van der Waals surface area contributed by atoms with Crippen LogP contribution in [0.25, 0.3) is 11.3 Å². The molecule has 1 aromatic carbocycles. The number of nitrogens with one attached hydrogen (secondary N) is 1. The Kier molecular flexibility index (Phi) is 4.66. The van der Waals surface area contributed by atoms with Gasteiger partial charge < -0.3 is 4.90 Å². The molecule has 0 aliphatic carbocycles. The standard InChI is InChI=1S/C16H17F2N3OS/c1-23-9-10-5-6-21(8-10)16(22)11-7-19-20-15(11)14-12(17)3-2-4-13(14)18/h2-4,7,10H,5-6,8-9H2,1H3,(H,19,20)/t10-/m1/s1. The van der Waals surface area contributed by atoms with Gasteiger partial charge in [-0.2, -0.15) is 16.9 Å². The monoisotopic (exact) mass is 337 g/mol. The molecule has 1 aliphatic heterocycles. The van der Waals surface area contributed by atoms with Crippen molar-refractivity contribution in [3.05, 3.63) is 41.6 Å². The lowest BCUT2D eigenvalue weighted by molar-refractivity contribution is 0.0789. The van der Waals surface area contributed by atoms with Crippen molar-refractivity contribution < 1.29 is 13.6 Å². The fourth-order valence-electron chi connectivity index (χ4n) is 2.93. The Balaban J connectivity index is 1.88. The molecule has 1 fully saturated rings. The number of aromatic amines is 1. The zero-order chi connectivity index (χ0) is 16.4. The summed E-state index contributed by atoms with van der Waals surface area (Å²) in [6.45, 7) is 1.33. The number of H-pyrrole nitrogens is 1. The van der Waals surface area contributed by atoms with E-state index >= 15 is 0 Å². The van der Waals surface area contributed by atoms with Crippen molar-refractivity contribution in [2.45, 2.75) is 6.42 Å². The highest BCUT2D eigenvalue weighted by molar-refractivity contribution is 7.98. The summed E-state index contributed by atoms with van der Waals surface area (Å²) in [5.41, 5.74) is 0.0610. The lowest BCUT2D eigenvalue weighted by atomic mass is 10.1. The first-order valence-electron chi connectivity index (χ1n) is 7.37. The maximum Gasteiger partial charge on any atom is 0.257 e. The highest BCUT2D eigenvalue weighted by atomic mass is 32.2. The van der Waals surface area contributed by atoms with Crippen molar-refractivity contribution in [1.82, 2.24) is 15.1 Å². The van der Waals surface area contributed by atoms with E-state index in [0.29, 0.717) is 19.0 Å². The number of amides is 1. The second kappa shape index (κ2) is 6.70. The predicted octanol–water partition coefficient (Wildman–Crippen LogP) is 3.18. The summed E-state index contributed by atoms with van der Waals surface area (Å²) in [4.78, 5) is 14.4. The summed E-state index contributed by atoms with van der Waals surface area (Å²) in [6, 6.07) is 3.62. The summed E-state index contributed by atoms with van der Waals surface area (Å²) in [5.74, 6) is -0.200. The largest absolute Gasteiger partial charge is 0.338 e. The first-order chi connectivity index (χ1) is 11.1. The van der Waals surface area contributed by atoms with Gasteiger partial charge in [-0.1, -0.05) is 6.07 Å².